The molecule has 2 rings (SSSR count). The number of nitrogens with two attached hydrogens (primary N) is 1. The van der Waals surface area contributed by atoms with E-state index in [9.17, 15) is 0 Å². The van der Waals surface area contributed by atoms with E-state index in [0.29, 0.717) is 13.4 Å². The lowest BCUT2D eigenvalue weighted by Crippen LogP contribution is -2.02. The van der Waals surface area contributed by atoms with Crippen LogP contribution in [0.5, 0.6) is 0 Å². The molecule has 0 radical (unpaired) electrons. The van der Waals surface area contributed by atoms with Gasteiger partial charge in [0.15, 0.2) is 0 Å². The van der Waals surface area contributed by atoms with E-state index in [-0.39, 0.29) is 0 Å². The second-order valence-electron chi connectivity index (χ2n) is 4.02. The summed E-state index contributed by atoms with van der Waals surface area (Å²) in [4.78, 5) is 0. The van der Waals surface area contributed by atoms with Gasteiger partial charge in [0.05, 0.1) is 13.2 Å². The van der Waals surface area contributed by atoms with Gasteiger partial charge in [0, 0.05) is 5.69 Å². The zero-order chi connectivity index (χ0) is 10.5. The number of anilines is 1. The van der Waals surface area contributed by atoms with Crippen LogP contribution in [-0.4, -0.2) is 13.4 Å². The molecule has 3 nitrogen and oxygen atoms in total. The molecule has 1 aliphatic rings. The van der Waals surface area contributed by atoms with Crippen LogP contribution in [-0.2, 0) is 16.1 Å². The Morgan fingerprint density at radius 1 is 1.13 bits per heavy atom. The Hall–Kier alpha value is -1.06. The van der Waals surface area contributed by atoms with Crippen LogP contribution in [0.1, 0.15) is 18.4 Å². The van der Waals surface area contributed by atoms with Crippen molar-refractivity contribution in [2.24, 2.45) is 5.92 Å². The van der Waals surface area contributed by atoms with Crippen molar-refractivity contribution in [1.29, 1.82) is 0 Å². The summed E-state index contributed by atoms with van der Waals surface area (Å²) in [7, 11) is 0. The van der Waals surface area contributed by atoms with Crippen molar-refractivity contribution in [3.63, 3.8) is 0 Å². The Morgan fingerprint density at radius 3 is 2.53 bits per heavy atom. The molecule has 0 atom stereocenters. The van der Waals surface area contributed by atoms with Crippen molar-refractivity contribution in [3.05, 3.63) is 29.8 Å². The van der Waals surface area contributed by atoms with Crippen molar-refractivity contribution in [2.75, 3.05) is 19.1 Å². The average Bonchev–Trinajstić information content (AvgIpc) is 3.04. The quantitative estimate of drug-likeness (QED) is 0.441. The van der Waals surface area contributed by atoms with Crippen molar-refractivity contribution >= 4 is 5.69 Å². The Kier molecular flexibility index (Phi) is 3.59. The standard InChI is InChI=1S/C12H17NO2/c13-12-5-3-11(4-6-12)8-15-9-14-7-10-1-2-10/h3-6,10H,1-2,7-9,13H2. The molecule has 3 heteroatoms. The molecule has 82 valence electrons. The summed E-state index contributed by atoms with van der Waals surface area (Å²) in [5.41, 5.74) is 7.48. The molecule has 1 aromatic rings. The van der Waals surface area contributed by atoms with Gasteiger partial charge >= 0.3 is 0 Å². The van der Waals surface area contributed by atoms with Gasteiger partial charge in [-0.2, -0.15) is 0 Å². The van der Waals surface area contributed by atoms with E-state index in [0.717, 1.165) is 23.8 Å². The molecular formula is C12H17NO2. The third-order valence-corrected chi connectivity index (χ3v) is 2.47. The number of ether oxygens (including phenoxy) is 2. The van der Waals surface area contributed by atoms with Gasteiger partial charge < -0.3 is 15.2 Å². The van der Waals surface area contributed by atoms with Crippen LogP contribution >= 0.6 is 0 Å². The zero-order valence-electron chi connectivity index (χ0n) is 8.82. The van der Waals surface area contributed by atoms with Crippen LogP contribution in [0.25, 0.3) is 0 Å². The van der Waals surface area contributed by atoms with Crippen LogP contribution in [0.3, 0.4) is 0 Å². The summed E-state index contributed by atoms with van der Waals surface area (Å²) in [5.74, 6) is 0.796. The fourth-order valence-corrected chi connectivity index (χ4v) is 1.33. The first kappa shape index (κ1) is 10.5. The van der Waals surface area contributed by atoms with Gasteiger partial charge in [-0.15, -0.1) is 0 Å². The highest BCUT2D eigenvalue weighted by atomic mass is 16.7. The average molecular weight is 207 g/mol. The highest BCUT2D eigenvalue weighted by Crippen LogP contribution is 2.28. The maximum atomic E-state index is 5.58. The number of nitrogen functional groups attached to an aromatic ring is 1. The van der Waals surface area contributed by atoms with Crippen LogP contribution in [0.4, 0.5) is 5.69 Å². The summed E-state index contributed by atoms with van der Waals surface area (Å²) >= 11 is 0. The molecule has 0 aliphatic heterocycles. The summed E-state index contributed by atoms with van der Waals surface area (Å²) in [5, 5.41) is 0. The summed E-state index contributed by atoms with van der Waals surface area (Å²) < 4.78 is 10.7. The highest BCUT2D eigenvalue weighted by Gasteiger charge is 2.20. The van der Waals surface area contributed by atoms with E-state index in [1.807, 2.05) is 24.3 Å². The molecule has 1 aromatic carbocycles. The van der Waals surface area contributed by atoms with Crippen LogP contribution in [0, 0.1) is 5.92 Å². The first-order chi connectivity index (χ1) is 7.34. The third-order valence-electron chi connectivity index (χ3n) is 2.47. The molecule has 0 aromatic heterocycles. The molecular weight excluding hydrogens is 190 g/mol. The van der Waals surface area contributed by atoms with Crippen molar-refractivity contribution < 1.29 is 9.47 Å². The molecule has 1 saturated carbocycles. The lowest BCUT2D eigenvalue weighted by atomic mass is 10.2. The molecule has 0 bridgehead atoms. The van der Waals surface area contributed by atoms with Crippen molar-refractivity contribution in [1.82, 2.24) is 0 Å². The minimum atomic E-state index is 0.390. The highest BCUT2D eigenvalue weighted by molar-refractivity contribution is 5.38. The van der Waals surface area contributed by atoms with E-state index in [1.54, 1.807) is 0 Å². The zero-order valence-corrected chi connectivity index (χ0v) is 8.82. The van der Waals surface area contributed by atoms with Gasteiger partial charge in [0.1, 0.15) is 6.79 Å². The topological polar surface area (TPSA) is 44.5 Å². The fourth-order valence-electron chi connectivity index (χ4n) is 1.33. The van der Waals surface area contributed by atoms with Crippen LogP contribution < -0.4 is 5.73 Å². The normalized spacial score (nSPS) is 15.5. The number of hydrogen-bond acceptors (Lipinski definition) is 3. The molecule has 15 heavy (non-hydrogen) atoms. The first-order valence-corrected chi connectivity index (χ1v) is 5.34. The fraction of sp³-hybridized carbons (Fsp3) is 0.500. The SMILES string of the molecule is Nc1ccc(COCOCC2CC2)cc1. The summed E-state index contributed by atoms with van der Waals surface area (Å²) in [6.07, 6.45) is 2.63. The van der Waals surface area contributed by atoms with Gasteiger partial charge in [-0.3, -0.25) is 0 Å². The second kappa shape index (κ2) is 5.14. The molecule has 2 N–H and O–H groups in total. The van der Waals surface area contributed by atoms with Gasteiger partial charge in [-0.1, -0.05) is 12.1 Å². The van der Waals surface area contributed by atoms with Crippen LogP contribution in [0.15, 0.2) is 24.3 Å². The Labute approximate surface area is 90.2 Å². The summed E-state index contributed by atoms with van der Waals surface area (Å²) in [6, 6.07) is 7.69. The van der Waals surface area contributed by atoms with E-state index >= 15 is 0 Å². The maximum Gasteiger partial charge on any atom is 0.147 e. The van der Waals surface area contributed by atoms with Gasteiger partial charge in [-0.05, 0) is 36.5 Å². The number of rotatable bonds is 6. The van der Waals surface area contributed by atoms with Gasteiger partial charge in [0.2, 0.25) is 0 Å². The van der Waals surface area contributed by atoms with Crippen molar-refractivity contribution in [2.45, 2.75) is 19.4 Å². The van der Waals surface area contributed by atoms with Crippen LogP contribution in [0.2, 0.25) is 0 Å². The molecule has 1 aliphatic carbocycles. The Morgan fingerprint density at radius 2 is 1.87 bits per heavy atom. The largest absolute Gasteiger partial charge is 0.399 e. The molecule has 1 fully saturated rings. The Bertz CT molecular complexity index is 293. The third kappa shape index (κ3) is 3.90. The smallest absolute Gasteiger partial charge is 0.147 e. The first-order valence-electron chi connectivity index (χ1n) is 5.34. The van der Waals surface area contributed by atoms with E-state index in [2.05, 4.69) is 0 Å². The predicted molar refractivity (Wildman–Crippen MR) is 59.2 cm³/mol. The maximum absolute atomic E-state index is 5.58. The minimum Gasteiger partial charge on any atom is -0.399 e. The van der Waals surface area contributed by atoms with E-state index in [1.165, 1.54) is 12.8 Å². The second-order valence-corrected chi connectivity index (χ2v) is 4.02. The van der Waals surface area contributed by atoms with Gasteiger partial charge in [-0.25, -0.2) is 0 Å². The monoisotopic (exact) mass is 207 g/mol. The molecule has 0 amide bonds. The molecule has 0 heterocycles. The predicted octanol–water partition coefficient (Wildman–Crippen LogP) is 2.17. The minimum absolute atomic E-state index is 0.390. The van der Waals surface area contributed by atoms with E-state index in [4.69, 9.17) is 15.2 Å². The molecule has 0 spiro atoms. The molecule has 0 saturated heterocycles. The number of benzene rings is 1. The molecule has 0 unspecified atom stereocenters. The summed E-state index contributed by atoms with van der Waals surface area (Å²) in [6.45, 7) is 1.83. The Balaban J connectivity index is 1.58. The van der Waals surface area contributed by atoms with Crippen molar-refractivity contribution in [3.8, 4) is 0 Å². The van der Waals surface area contributed by atoms with E-state index < -0.39 is 0 Å². The van der Waals surface area contributed by atoms with Gasteiger partial charge in [0.25, 0.3) is 0 Å². The lowest BCUT2D eigenvalue weighted by Gasteiger charge is -2.05. The number of hydrogen-bond donors (Lipinski definition) is 1. The lowest BCUT2D eigenvalue weighted by molar-refractivity contribution is -0.0646.